The van der Waals surface area contributed by atoms with Crippen molar-refractivity contribution in [1.29, 1.82) is 0 Å². The monoisotopic (exact) mass is 405 g/mol. The third-order valence-electron chi connectivity index (χ3n) is 4.84. The first-order valence-electron chi connectivity index (χ1n) is 10.0. The minimum absolute atomic E-state index is 0.308. The van der Waals surface area contributed by atoms with Gasteiger partial charge in [-0.05, 0) is 44.0 Å². The second-order valence-corrected chi connectivity index (χ2v) is 8.11. The van der Waals surface area contributed by atoms with E-state index in [9.17, 15) is 5.11 Å². The van der Waals surface area contributed by atoms with E-state index in [4.69, 9.17) is 9.47 Å². The molecule has 1 unspecified atom stereocenters. The Labute approximate surface area is 171 Å². The number of morpholine rings is 1. The number of rotatable bonds is 11. The zero-order valence-corrected chi connectivity index (χ0v) is 17.4. The molecule has 2 aromatic rings. The standard InChI is InChI=1S/C21H31N3O3S/c1-17-21(28-16-23-17)6-3-7-22-13-18-4-2-5-20(12-18)27-15-19(25)14-24-8-10-26-11-9-24/h2,4-5,12,16,19,22,25H,3,6-11,13-15H2,1H3. The van der Waals surface area contributed by atoms with E-state index in [1.165, 1.54) is 10.4 Å². The number of β-amino-alcohol motifs (C(OH)–C–C–N with tert-alkyl or cyclic N) is 1. The van der Waals surface area contributed by atoms with Crippen LogP contribution in [0.2, 0.25) is 0 Å². The number of nitrogens with one attached hydrogen (secondary N) is 1. The number of aryl methyl sites for hydroxylation is 2. The van der Waals surface area contributed by atoms with Crippen LogP contribution in [0.3, 0.4) is 0 Å². The van der Waals surface area contributed by atoms with Crippen molar-refractivity contribution >= 4 is 11.3 Å². The van der Waals surface area contributed by atoms with Gasteiger partial charge in [0.15, 0.2) is 0 Å². The van der Waals surface area contributed by atoms with E-state index in [1.54, 1.807) is 11.3 Å². The lowest BCUT2D eigenvalue weighted by Gasteiger charge is -2.28. The van der Waals surface area contributed by atoms with Crippen molar-refractivity contribution in [2.45, 2.75) is 32.4 Å². The van der Waals surface area contributed by atoms with Crippen LogP contribution < -0.4 is 10.1 Å². The number of aliphatic hydroxyl groups excluding tert-OH is 1. The first-order valence-corrected chi connectivity index (χ1v) is 10.9. The molecule has 0 bridgehead atoms. The van der Waals surface area contributed by atoms with Crippen LogP contribution in [-0.2, 0) is 17.7 Å². The molecule has 0 radical (unpaired) electrons. The van der Waals surface area contributed by atoms with Crippen molar-refractivity contribution in [2.24, 2.45) is 0 Å². The summed E-state index contributed by atoms with van der Waals surface area (Å²) in [4.78, 5) is 7.89. The van der Waals surface area contributed by atoms with Gasteiger partial charge in [0, 0.05) is 31.1 Å². The van der Waals surface area contributed by atoms with Crippen LogP contribution in [0.25, 0.3) is 0 Å². The van der Waals surface area contributed by atoms with E-state index in [0.29, 0.717) is 13.2 Å². The van der Waals surface area contributed by atoms with E-state index in [1.807, 2.05) is 23.7 Å². The highest BCUT2D eigenvalue weighted by Gasteiger charge is 2.15. The predicted octanol–water partition coefficient (Wildman–Crippen LogP) is 2.25. The molecule has 0 spiro atoms. The van der Waals surface area contributed by atoms with E-state index in [2.05, 4.69) is 28.2 Å². The van der Waals surface area contributed by atoms with Gasteiger partial charge >= 0.3 is 0 Å². The average molecular weight is 406 g/mol. The van der Waals surface area contributed by atoms with Gasteiger partial charge in [-0.1, -0.05) is 12.1 Å². The minimum atomic E-state index is -0.491. The smallest absolute Gasteiger partial charge is 0.119 e. The summed E-state index contributed by atoms with van der Waals surface area (Å²) < 4.78 is 11.1. The van der Waals surface area contributed by atoms with Crippen LogP contribution in [0.1, 0.15) is 22.6 Å². The Hall–Kier alpha value is -1.51. The molecule has 0 amide bonds. The molecule has 7 heteroatoms. The average Bonchev–Trinajstić information content (AvgIpc) is 3.12. The van der Waals surface area contributed by atoms with Crippen molar-refractivity contribution in [2.75, 3.05) is 46.0 Å². The number of thiazole rings is 1. The Kier molecular flexibility index (Phi) is 8.70. The van der Waals surface area contributed by atoms with Crippen LogP contribution in [-0.4, -0.2) is 67.1 Å². The predicted molar refractivity (Wildman–Crippen MR) is 112 cm³/mol. The van der Waals surface area contributed by atoms with E-state index in [0.717, 1.165) is 63.7 Å². The fraction of sp³-hybridized carbons (Fsp3) is 0.571. The molecule has 2 heterocycles. The van der Waals surface area contributed by atoms with Crippen LogP contribution >= 0.6 is 11.3 Å². The topological polar surface area (TPSA) is 66.9 Å². The Morgan fingerprint density at radius 3 is 3.00 bits per heavy atom. The van der Waals surface area contributed by atoms with Gasteiger partial charge in [-0.3, -0.25) is 4.90 Å². The number of aromatic nitrogens is 1. The Morgan fingerprint density at radius 1 is 1.36 bits per heavy atom. The second kappa shape index (κ2) is 11.5. The van der Waals surface area contributed by atoms with Crippen molar-refractivity contribution < 1.29 is 14.6 Å². The first-order chi connectivity index (χ1) is 13.7. The normalized spacial score (nSPS) is 16.2. The summed E-state index contributed by atoms with van der Waals surface area (Å²) in [6.45, 7) is 8.03. The van der Waals surface area contributed by atoms with Gasteiger partial charge in [-0.25, -0.2) is 4.98 Å². The van der Waals surface area contributed by atoms with Gasteiger partial charge in [0.2, 0.25) is 0 Å². The highest BCUT2D eigenvalue weighted by molar-refractivity contribution is 7.09. The van der Waals surface area contributed by atoms with Crippen LogP contribution in [0, 0.1) is 6.92 Å². The molecule has 154 valence electrons. The van der Waals surface area contributed by atoms with Gasteiger partial charge in [0.05, 0.1) is 24.4 Å². The molecule has 1 aliphatic heterocycles. The van der Waals surface area contributed by atoms with Gasteiger partial charge in [-0.15, -0.1) is 11.3 Å². The van der Waals surface area contributed by atoms with Gasteiger partial charge in [0.1, 0.15) is 18.5 Å². The van der Waals surface area contributed by atoms with Gasteiger partial charge in [-0.2, -0.15) is 0 Å². The van der Waals surface area contributed by atoms with Gasteiger partial charge < -0.3 is 19.9 Å². The largest absolute Gasteiger partial charge is 0.491 e. The summed E-state index contributed by atoms with van der Waals surface area (Å²) in [5.74, 6) is 0.806. The molecule has 28 heavy (non-hydrogen) atoms. The zero-order chi connectivity index (χ0) is 19.6. The highest BCUT2D eigenvalue weighted by atomic mass is 32.1. The third-order valence-corrected chi connectivity index (χ3v) is 5.84. The number of hydrogen-bond donors (Lipinski definition) is 2. The maximum absolute atomic E-state index is 10.2. The number of ether oxygens (including phenoxy) is 2. The molecule has 1 fully saturated rings. The van der Waals surface area contributed by atoms with Crippen molar-refractivity contribution in [3.05, 3.63) is 45.9 Å². The number of hydrogen-bond acceptors (Lipinski definition) is 7. The summed E-state index contributed by atoms with van der Waals surface area (Å²) in [6, 6.07) is 8.08. The third kappa shape index (κ3) is 7.14. The Morgan fingerprint density at radius 2 is 2.21 bits per heavy atom. The molecule has 1 aromatic carbocycles. The SMILES string of the molecule is Cc1ncsc1CCCNCc1cccc(OCC(O)CN2CCOCC2)c1. The maximum atomic E-state index is 10.2. The van der Waals surface area contributed by atoms with Crippen LogP contribution in [0.5, 0.6) is 5.75 Å². The van der Waals surface area contributed by atoms with Crippen molar-refractivity contribution in [3.8, 4) is 5.75 Å². The summed E-state index contributed by atoms with van der Waals surface area (Å²) in [6.07, 6.45) is 1.69. The van der Waals surface area contributed by atoms with Crippen LogP contribution in [0.4, 0.5) is 0 Å². The number of nitrogens with zero attached hydrogens (tertiary/aromatic N) is 2. The lowest BCUT2D eigenvalue weighted by atomic mass is 10.2. The summed E-state index contributed by atoms with van der Waals surface area (Å²) in [7, 11) is 0. The Bertz CT molecular complexity index is 704. The lowest BCUT2D eigenvalue weighted by molar-refractivity contribution is 0.00465. The summed E-state index contributed by atoms with van der Waals surface area (Å²) in [5, 5.41) is 13.7. The van der Waals surface area contributed by atoms with Gasteiger partial charge in [0.25, 0.3) is 0 Å². The number of aliphatic hydroxyl groups is 1. The minimum Gasteiger partial charge on any atom is -0.491 e. The molecule has 2 N–H and O–H groups in total. The molecule has 0 aliphatic carbocycles. The molecule has 6 nitrogen and oxygen atoms in total. The van der Waals surface area contributed by atoms with E-state index >= 15 is 0 Å². The molecular formula is C21H31N3O3S. The first kappa shape index (κ1) is 21.2. The Balaban J connectivity index is 1.33. The van der Waals surface area contributed by atoms with Crippen molar-refractivity contribution in [3.63, 3.8) is 0 Å². The molecule has 1 saturated heterocycles. The van der Waals surface area contributed by atoms with Crippen LogP contribution in [0.15, 0.2) is 29.8 Å². The second-order valence-electron chi connectivity index (χ2n) is 7.17. The highest BCUT2D eigenvalue weighted by Crippen LogP contribution is 2.15. The van der Waals surface area contributed by atoms with E-state index in [-0.39, 0.29) is 0 Å². The zero-order valence-electron chi connectivity index (χ0n) is 16.6. The molecule has 1 aliphatic rings. The fourth-order valence-electron chi connectivity index (χ4n) is 3.24. The molecule has 1 atom stereocenters. The number of benzene rings is 1. The molecule has 1 aromatic heterocycles. The quantitative estimate of drug-likeness (QED) is 0.559. The molecular weight excluding hydrogens is 374 g/mol. The molecule has 0 saturated carbocycles. The molecule has 3 rings (SSSR count). The fourth-order valence-corrected chi connectivity index (χ4v) is 4.07. The maximum Gasteiger partial charge on any atom is 0.119 e. The van der Waals surface area contributed by atoms with Crippen molar-refractivity contribution in [1.82, 2.24) is 15.2 Å². The summed E-state index contributed by atoms with van der Waals surface area (Å²) in [5.41, 5.74) is 4.27. The lowest BCUT2D eigenvalue weighted by Crippen LogP contribution is -2.42. The van der Waals surface area contributed by atoms with E-state index < -0.39 is 6.10 Å². The summed E-state index contributed by atoms with van der Waals surface area (Å²) >= 11 is 1.74.